The van der Waals surface area contributed by atoms with E-state index in [9.17, 15) is 28.3 Å². The van der Waals surface area contributed by atoms with Crippen molar-refractivity contribution in [3.05, 3.63) is 0 Å². The maximum atomic E-state index is 14.3. The first kappa shape index (κ1) is 15.1. The van der Waals surface area contributed by atoms with Gasteiger partial charge in [0.2, 0.25) is 0 Å². The minimum absolute atomic E-state index is 0.0649. The number of alkyl halides is 2. The highest BCUT2D eigenvalue weighted by molar-refractivity contribution is 6.07. The molecular formula is C13H17F2N3O4. The van der Waals surface area contributed by atoms with E-state index in [1.54, 1.807) is 0 Å². The largest absolute Gasteiger partial charge is 0.383 e. The molecule has 3 N–H and O–H groups in total. The lowest BCUT2D eigenvalue weighted by atomic mass is 9.74. The van der Waals surface area contributed by atoms with Crippen molar-refractivity contribution in [1.82, 2.24) is 15.5 Å². The van der Waals surface area contributed by atoms with Crippen LogP contribution >= 0.6 is 0 Å². The van der Waals surface area contributed by atoms with Crippen LogP contribution in [0, 0.1) is 0 Å². The zero-order valence-corrected chi connectivity index (χ0v) is 11.8. The quantitative estimate of drug-likeness (QED) is 0.611. The van der Waals surface area contributed by atoms with E-state index < -0.39 is 34.9 Å². The molecule has 0 aromatic carbocycles. The Morgan fingerprint density at radius 3 is 2.41 bits per heavy atom. The van der Waals surface area contributed by atoms with E-state index in [1.165, 1.54) is 0 Å². The van der Waals surface area contributed by atoms with E-state index >= 15 is 0 Å². The Morgan fingerprint density at radius 2 is 1.91 bits per heavy atom. The van der Waals surface area contributed by atoms with E-state index in [4.69, 9.17) is 0 Å². The molecule has 4 amide bonds. The number of nitrogens with zero attached hydrogens (tertiary/aromatic N) is 1. The van der Waals surface area contributed by atoms with Gasteiger partial charge in [-0.25, -0.2) is 4.79 Å². The molecule has 3 aliphatic rings. The molecule has 9 heteroatoms. The highest BCUT2D eigenvalue weighted by Gasteiger charge is 2.63. The molecule has 3 rings (SSSR count). The van der Waals surface area contributed by atoms with Crippen LogP contribution in [0.25, 0.3) is 0 Å². The lowest BCUT2D eigenvalue weighted by Gasteiger charge is -2.45. The molecule has 2 heterocycles. The first-order chi connectivity index (χ1) is 10.2. The van der Waals surface area contributed by atoms with Crippen molar-refractivity contribution >= 4 is 17.8 Å². The van der Waals surface area contributed by atoms with Crippen molar-refractivity contribution in [3.63, 3.8) is 0 Å². The second-order valence-electron chi connectivity index (χ2n) is 6.28. The lowest BCUT2D eigenvalue weighted by molar-refractivity contribution is -0.224. The van der Waals surface area contributed by atoms with Gasteiger partial charge in [0, 0.05) is 6.54 Å². The van der Waals surface area contributed by atoms with Crippen LogP contribution in [0.15, 0.2) is 0 Å². The van der Waals surface area contributed by atoms with Gasteiger partial charge in [-0.1, -0.05) is 0 Å². The van der Waals surface area contributed by atoms with Crippen LogP contribution in [0.2, 0.25) is 0 Å². The molecule has 3 fully saturated rings. The molecule has 0 aromatic heterocycles. The first-order valence-corrected chi connectivity index (χ1v) is 7.23. The van der Waals surface area contributed by atoms with E-state index in [2.05, 4.69) is 10.6 Å². The highest BCUT2D eigenvalue weighted by atomic mass is 19.3. The maximum absolute atomic E-state index is 14.3. The summed E-state index contributed by atoms with van der Waals surface area (Å²) in [7, 11) is 0. The van der Waals surface area contributed by atoms with Gasteiger partial charge < -0.3 is 15.3 Å². The summed E-state index contributed by atoms with van der Waals surface area (Å²) in [5.41, 5.74) is -3.64. The van der Waals surface area contributed by atoms with Crippen molar-refractivity contribution in [1.29, 1.82) is 0 Å². The SMILES string of the molecule is O=C1NC(=O)C2(CCCN(C(=O)C(F)(F)C3(O)CCC3)C2)N1. The Balaban J connectivity index is 1.79. The summed E-state index contributed by atoms with van der Waals surface area (Å²) in [6.45, 7) is -0.246. The molecule has 2 saturated heterocycles. The van der Waals surface area contributed by atoms with Crippen LogP contribution in [0.3, 0.4) is 0 Å². The zero-order valence-electron chi connectivity index (χ0n) is 11.8. The van der Waals surface area contributed by atoms with Gasteiger partial charge in [0.1, 0.15) is 11.1 Å². The Kier molecular flexibility index (Phi) is 3.17. The Labute approximate surface area is 125 Å². The Morgan fingerprint density at radius 1 is 1.23 bits per heavy atom. The zero-order chi connectivity index (χ0) is 16.2. The van der Waals surface area contributed by atoms with Crippen LogP contribution in [0.1, 0.15) is 32.1 Å². The predicted octanol–water partition coefficient (Wildman–Crippen LogP) is -0.263. The number of aliphatic hydroxyl groups is 1. The standard InChI is InChI=1S/C13H17F2N3O4/c14-13(15,12(22)4-1-5-12)9(20)18-6-2-3-11(7-18)8(19)16-10(21)17-11/h22H,1-7H2,(H2,16,17,19,21). The number of imide groups is 1. The second kappa shape index (κ2) is 4.61. The van der Waals surface area contributed by atoms with Crippen molar-refractivity contribution in [2.75, 3.05) is 13.1 Å². The molecule has 1 atom stereocenters. The third-order valence-electron chi connectivity index (χ3n) is 4.83. The number of nitrogens with one attached hydrogen (secondary N) is 2. The molecule has 7 nitrogen and oxygen atoms in total. The lowest BCUT2D eigenvalue weighted by Crippen LogP contribution is -2.66. The number of hydrogen-bond donors (Lipinski definition) is 3. The summed E-state index contributed by atoms with van der Waals surface area (Å²) < 4.78 is 28.5. The Hall–Kier alpha value is -1.77. The van der Waals surface area contributed by atoms with Gasteiger partial charge >= 0.3 is 12.0 Å². The number of carbonyl (C=O) groups excluding carboxylic acids is 3. The van der Waals surface area contributed by atoms with E-state index in [1.807, 2.05) is 0 Å². The predicted molar refractivity (Wildman–Crippen MR) is 69.0 cm³/mol. The molecule has 1 unspecified atom stereocenters. The van der Waals surface area contributed by atoms with E-state index in [0.29, 0.717) is 12.8 Å². The van der Waals surface area contributed by atoms with Gasteiger partial charge in [-0.3, -0.25) is 14.9 Å². The van der Waals surface area contributed by atoms with Crippen LogP contribution < -0.4 is 10.6 Å². The molecule has 2 aliphatic heterocycles. The van der Waals surface area contributed by atoms with Crippen molar-refractivity contribution < 1.29 is 28.3 Å². The van der Waals surface area contributed by atoms with Crippen LogP contribution in [0.5, 0.6) is 0 Å². The summed E-state index contributed by atoms with van der Waals surface area (Å²) in [6, 6.07) is -0.691. The van der Waals surface area contributed by atoms with Crippen LogP contribution in [-0.2, 0) is 9.59 Å². The molecule has 122 valence electrons. The van der Waals surface area contributed by atoms with Gasteiger partial charge in [-0.15, -0.1) is 0 Å². The molecule has 0 bridgehead atoms. The van der Waals surface area contributed by atoms with Gasteiger partial charge in [-0.2, -0.15) is 8.78 Å². The first-order valence-electron chi connectivity index (χ1n) is 7.23. The summed E-state index contributed by atoms with van der Waals surface area (Å²) in [5.74, 6) is -5.98. The van der Waals surface area contributed by atoms with E-state index in [-0.39, 0.29) is 32.4 Å². The number of carbonyl (C=O) groups is 3. The van der Waals surface area contributed by atoms with Crippen molar-refractivity contribution in [2.45, 2.75) is 49.2 Å². The number of halogens is 2. The average molecular weight is 317 g/mol. The summed E-state index contributed by atoms with van der Waals surface area (Å²) in [5, 5.41) is 14.3. The van der Waals surface area contributed by atoms with E-state index in [0.717, 1.165) is 4.90 Å². The summed E-state index contributed by atoms with van der Waals surface area (Å²) in [6.07, 6.45) is 0.795. The Bertz CT molecular complexity index is 549. The number of hydrogen-bond acceptors (Lipinski definition) is 4. The van der Waals surface area contributed by atoms with Crippen LogP contribution in [-0.4, -0.2) is 58.0 Å². The number of likely N-dealkylation sites (tertiary alicyclic amines) is 1. The molecule has 0 radical (unpaired) electrons. The van der Waals surface area contributed by atoms with Gasteiger partial charge in [0.05, 0.1) is 6.54 Å². The molecule has 0 aromatic rings. The minimum atomic E-state index is -3.89. The van der Waals surface area contributed by atoms with Crippen LogP contribution in [0.4, 0.5) is 13.6 Å². The van der Waals surface area contributed by atoms with Gasteiger partial charge in [0.15, 0.2) is 0 Å². The fraction of sp³-hybridized carbons (Fsp3) is 0.769. The normalized spacial score (nSPS) is 30.8. The van der Waals surface area contributed by atoms with Crippen molar-refractivity contribution in [2.24, 2.45) is 0 Å². The third kappa shape index (κ3) is 1.98. The minimum Gasteiger partial charge on any atom is -0.383 e. The highest BCUT2D eigenvalue weighted by Crippen LogP contribution is 2.45. The monoisotopic (exact) mass is 317 g/mol. The fourth-order valence-electron chi connectivity index (χ4n) is 3.27. The topological polar surface area (TPSA) is 98.7 Å². The third-order valence-corrected chi connectivity index (χ3v) is 4.83. The smallest absolute Gasteiger partial charge is 0.352 e. The average Bonchev–Trinajstić information content (AvgIpc) is 2.69. The van der Waals surface area contributed by atoms with Gasteiger partial charge in [-0.05, 0) is 32.1 Å². The maximum Gasteiger partial charge on any atom is 0.352 e. The van der Waals surface area contributed by atoms with Gasteiger partial charge in [0.25, 0.3) is 11.8 Å². The number of rotatable bonds is 2. The number of urea groups is 1. The number of piperidine rings is 1. The number of amides is 4. The fourth-order valence-corrected chi connectivity index (χ4v) is 3.27. The second-order valence-corrected chi connectivity index (χ2v) is 6.28. The molecular weight excluding hydrogens is 300 g/mol. The molecule has 1 spiro atoms. The molecule has 1 aliphatic carbocycles. The summed E-state index contributed by atoms with van der Waals surface area (Å²) in [4.78, 5) is 36.2. The molecule has 22 heavy (non-hydrogen) atoms. The molecule has 1 saturated carbocycles. The summed E-state index contributed by atoms with van der Waals surface area (Å²) >= 11 is 0. The van der Waals surface area contributed by atoms with Crippen molar-refractivity contribution in [3.8, 4) is 0 Å².